The van der Waals surface area contributed by atoms with Gasteiger partial charge in [0.25, 0.3) is 0 Å². The fourth-order valence-corrected chi connectivity index (χ4v) is 2.50. The van der Waals surface area contributed by atoms with Crippen LogP contribution in [0.25, 0.3) is 17.2 Å². The number of hydrogen-bond acceptors (Lipinski definition) is 0. The Morgan fingerprint density at radius 1 is 1.00 bits per heavy atom. The summed E-state index contributed by atoms with van der Waals surface area (Å²) in [4.78, 5) is 0. The number of allylic oxidation sites excluding steroid dienone is 1. The van der Waals surface area contributed by atoms with Crippen molar-refractivity contribution in [3.05, 3.63) is 71.1 Å². The van der Waals surface area contributed by atoms with Gasteiger partial charge in [0.15, 0.2) is 0 Å². The van der Waals surface area contributed by atoms with E-state index in [1.807, 2.05) is 37.6 Å². The van der Waals surface area contributed by atoms with E-state index in [0.717, 1.165) is 28.3 Å². The van der Waals surface area contributed by atoms with Crippen molar-refractivity contribution in [2.24, 2.45) is 0 Å². The van der Waals surface area contributed by atoms with Crippen LogP contribution in [0.5, 0.6) is 0 Å². The van der Waals surface area contributed by atoms with Crippen molar-refractivity contribution >= 4 is 23.1 Å². The van der Waals surface area contributed by atoms with E-state index in [0.29, 0.717) is 5.56 Å². The van der Waals surface area contributed by atoms with Gasteiger partial charge in [0.1, 0.15) is 0 Å². The Kier molecular flexibility index (Phi) is 6.53. The van der Waals surface area contributed by atoms with Crippen molar-refractivity contribution in [1.29, 1.82) is 0 Å². The third-order valence-electron chi connectivity index (χ3n) is 3.40. The number of halogens is 5. The third kappa shape index (κ3) is 4.71. The summed E-state index contributed by atoms with van der Waals surface area (Å²) < 4.78 is 38.4. The Morgan fingerprint density at radius 3 is 2.30 bits per heavy atom. The van der Waals surface area contributed by atoms with Gasteiger partial charge in [-0.1, -0.05) is 42.0 Å². The fraction of sp³-hybridized carbons (Fsp3) is 0.118. The van der Waals surface area contributed by atoms with Gasteiger partial charge in [0.2, 0.25) is 0 Å². The second kappa shape index (κ2) is 8.01. The molecule has 3 rings (SSSR count). The SMILES string of the molecule is CC1=Cc2c(cccc2-c2cccc(C(F)(F)F)c2)[CH]1.[Cl][Zr][Cl]. The Bertz CT molecular complexity index is 724. The molecule has 0 bridgehead atoms. The monoisotopic (exact) mass is 433 g/mol. The second-order valence-electron chi connectivity index (χ2n) is 4.99. The molecular formula is C17H12Cl2F3Zr. The van der Waals surface area contributed by atoms with Gasteiger partial charge in [0, 0.05) is 6.42 Å². The first-order valence-electron chi connectivity index (χ1n) is 6.66. The van der Waals surface area contributed by atoms with Gasteiger partial charge in [-0.05, 0) is 41.3 Å². The summed E-state index contributed by atoms with van der Waals surface area (Å²) in [6, 6.07) is 11.2. The molecule has 0 N–H and O–H groups in total. The van der Waals surface area contributed by atoms with Crippen LogP contribution < -0.4 is 0 Å². The van der Waals surface area contributed by atoms with E-state index in [4.69, 9.17) is 17.0 Å². The van der Waals surface area contributed by atoms with Crippen LogP contribution in [-0.2, 0) is 27.0 Å². The molecule has 0 spiro atoms. The van der Waals surface area contributed by atoms with Gasteiger partial charge in [-0.2, -0.15) is 13.2 Å². The van der Waals surface area contributed by atoms with E-state index in [1.165, 1.54) is 12.1 Å². The zero-order chi connectivity index (χ0) is 17.0. The van der Waals surface area contributed by atoms with Crippen molar-refractivity contribution < 1.29 is 34.0 Å². The van der Waals surface area contributed by atoms with Crippen molar-refractivity contribution in [2.45, 2.75) is 13.1 Å². The zero-order valence-corrected chi connectivity index (χ0v) is 16.1. The first-order chi connectivity index (χ1) is 10.9. The van der Waals surface area contributed by atoms with Crippen LogP contribution in [0.3, 0.4) is 0 Å². The van der Waals surface area contributed by atoms with Crippen molar-refractivity contribution in [3.8, 4) is 11.1 Å². The van der Waals surface area contributed by atoms with Crippen LogP contribution in [0, 0.1) is 6.42 Å². The van der Waals surface area contributed by atoms with E-state index >= 15 is 0 Å². The summed E-state index contributed by atoms with van der Waals surface area (Å²) in [5.41, 5.74) is 3.97. The predicted octanol–water partition coefficient (Wildman–Crippen LogP) is 6.72. The molecule has 0 heterocycles. The van der Waals surface area contributed by atoms with Gasteiger partial charge in [-0.15, -0.1) is 0 Å². The van der Waals surface area contributed by atoms with Crippen LogP contribution in [0.1, 0.15) is 23.6 Å². The minimum atomic E-state index is -4.31. The molecule has 0 saturated heterocycles. The van der Waals surface area contributed by atoms with Gasteiger partial charge in [0.05, 0.1) is 5.56 Å². The summed E-state index contributed by atoms with van der Waals surface area (Å²) in [6.07, 6.45) is -0.275. The minimum absolute atomic E-state index is 0.594. The summed E-state index contributed by atoms with van der Waals surface area (Å²) in [7, 11) is 9.87. The zero-order valence-electron chi connectivity index (χ0n) is 12.1. The molecule has 1 aliphatic rings. The third-order valence-corrected chi connectivity index (χ3v) is 3.40. The predicted molar refractivity (Wildman–Crippen MR) is 85.6 cm³/mol. The molecule has 23 heavy (non-hydrogen) atoms. The number of hydrogen-bond donors (Lipinski definition) is 0. The van der Waals surface area contributed by atoms with Crippen LogP contribution >= 0.6 is 17.0 Å². The maximum atomic E-state index is 12.8. The number of benzene rings is 2. The molecule has 6 heteroatoms. The molecule has 0 saturated carbocycles. The van der Waals surface area contributed by atoms with Crippen molar-refractivity contribution in [2.75, 3.05) is 0 Å². The van der Waals surface area contributed by atoms with Gasteiger partial charge in [-0.3, -0.25) is 0 Å². The molecular weight excluding hydrogens is 423 g/mol. The normalized spacial score (nSPS) is 12.9. The summed E-state index contributed by atoms with van der Waals surface area (Å²) in [5.74, 6) is 0. The standard InChI is InChI=1S/C17H12F3.2ClH.Zr/c1-11-8-12-5-3-7-15(16(12)9-11)13-4-2-6-14(10-13)17(18,19)20;;;/h2-10H,1H3;2*1H;/q;;;+2/p-2. The quantitative estimate of drug-likeness (QED) is 0.467. The molecule has 0 atom stereocenters. The molecule has 0 unspecified atom stereocenters. The molecule has 119 valence electrons. The van der Waals surface area contributed by atoms with E-state index in [1.54, 1.807) is 6.07 Å². The average molecular weight is 435 g/mol. The van der Waals surface area contributed by atoms with Crippen LogP contribution in [0.4, 0.5) is 13.2 Å². The van der Waals surface area contributed by atoms with E-state index in [2.05, 4.69) is 0 Å². The van der Waals surface area contributed by atoms with Crippen LogP contribution in [0.2, 0.25) is 0 Å². The molecule has 0 nitrogen and oxygen atoms in total. The Balaban J connectivity index is 0.000000595. The Hall–Kier alpha value is -0.567. The fourth-order valence-electron chi connectivity index (χ4n) is 2.50. The van der Waals surface area contributed by atoms with E-state index in [-0.39, 0.29) is 0 Å². The first kappa shape index (κ1) is 18.8. The molecule has 2 aromatic rings. The van der Waals surface area contributed by atoms with Gasteiger partial charge >= 0.3 is 44.1 Å². The maximum absolute atomic E-state index is 12.8. The molecule has 0 aliphatic heterocycles. The summed E-state index contributed by atoms with van der Waals surface area (Å²) in [5, 5.41) is 0. The van der Waals surface area contributed by atoms with Crippen molar-refractivity contribution in [3.63, 3.8) is 0 Å². The molecule has 0 fully saturated rings. The molecule has 0 amide bonds. The Labute approximate surface area is 152 Å². The molecule has 1 radical (unpaired) electrons. The number of alkyl halides is 3. The Morgan fingerprint density at radius 2 is 1.65 bits per heavy atom. The van der Waals surface area contributed by atoms with Crippen molar-refractivity contribution in [1.82, 2.24) is 0 Å². The second-order valence-corrected chi connectivity index (χ2v) is 8.72. The average Bonchev–Trinajstić information content (AvgIpc) is 2.87. The van der Waals surface area contributed by atoms with Gasteiger partial charge in [-0.25, -0.2) is 0 Å². The first-order valence-corrected chi connectivity index (χ1v) is 13.0. The number of fused-ring (bicyclic) bond motifs is 1. The summed E-state index contributed by atoms with van der Waals surface area (Å²) in [6.45, 7) is 1.98. The molecule has 2 aromatic carbocycles. The van der Waals surface area contributed by atoms with E-state index < -0.39 is 32.6 Å². The summed E-state index contributed by atoms with van der Waals surface area (Å²) >= 11 is -0.826. The molecule has 1 aliphatic carbocycles. The van der Waals surface area contributed by atoms with Crippen LogP contribution in [-0.4, -0.2) is 0 Å². The number of rotatable bonds is 1. The van der Waals surface area contributed by atoms with E-state index in [9.17, 15) is 13.2 Å². The topological polar surface area (TPSA) is 0 Å². The van der Waals surface area contributed by atoms with Gasteiger partial charge < -0.3 is 0 Å². The van der Waals surface area contributed by atoms with Crippen LogP contribution in [0.15, 0.2) is 48.0 Å². The molecule has 0 aromatic heterocycles.